The van der Waals surface area contributed by atoms with Gasteiger partial charge in [0.1, 0.15) is 11.4 Å². The van der Waals surface area contributed by atoms with Crippen molar-refractivity contribution in [2.75, 3.05) is 5.75 Å². The van der Waals surface area contributed by atoms with Gasteiger partial charge in [-0.2, -0.15) is 11.8 Å². The fourth-order valence-electron chi connectivity index (χ4n) is 1.97. The van der Waals surface area contributed by atoms with Gasteiger partial charge in [0.05, 0.1) is 0 Å². The van der Waals surface area contributed by atoms with Crippen LogP contribution >= 0.6 is 11.8 Å². The molecule has 2 rings (SSSR count). The van der Waals surface area contributed by atoms with Crippen LogP contribution in [0.5, 0.6) is 0 Å². The van der Waals surface area contributed by atoms with Crippen molar-refractivity contribution in [3.63, 3.8) is 0 Å². The second-order valence-electron chi connectivity index (χ2n) is 4.15. The lowest BCUT2D eigenvalue weighted by Crippen LogP contribution is -2.31. The minimum atomic E-state index is -0.848. The van der Waals surface area contributed by atoms with Crippen LogP contribution in [-0.2, 0) is 5.60 Å². The van der Waals surface area contributed by atoms with Gasteiger partial charge in [0.15, 0.2) is 0 Å². The molecule has 15 heavy (non-hydrogen) atoms. The Kier molecular flexibility index (Phi) is 2.77. The van der Waals surface area contributed by atoms with Crippen LogP contribution in [0.25, 0.3) is 0 Å². The number of rotatable bonds is 1. The summed E-state index contributed by atoms with van der Waals surface area (Å²) in [6.45, 7) is 3.73. The van der Waals surface area contributed by atoms with E-state index < -0.39 is 5.60 Å². The lowest BCUT2D eigenvalue weighted by Gasteiger charge is -2.27. The van der Waals surface area contributed by atoms with E-state index in [9.17, 15) is 9.50 Å². The summed E-state index contributed by atoms with van der Waals surface area (Å²) >= 11 is 1.74. The zero-order valence-electron chi connectivity index (χ0n) is 8.96. The van der Waals surface area contributed by atoms with Crippen LogP contribution in [0.3, 0.4) is 0 Å². The highest BCUT2D eigenvalue weighted by Gasteiger charge is 2.40. The molecule has 1 aromatic carbocycles. The number of benzene rings is 1. The van der Waals surface area contributed by atoms with Crippen LogP contribution in [0.1, 0.15) is 24.5 Å². The normalized spacial score (nSPS) is 30.8. The number of hydrogen-bond donors (Lipinski definition) is 1. The monoisotopic (exact) mass is 226 g/mol. The van der Waals surface area contributed by atoms with Crippen molar-refractivity contribution in [2.45, 2.75) is 31.1 Å². The van der Waals surface area contributed by atoms with Gasteiger partial charge in [0.2, 0.25) is 0 Å². The molecule has 1 fully saturated rings. The molecule has 1 heterocycles. The van der Waals surface area contributed by atoms with Gasteiger partial charge >= 0.3 is 0 Å². The molecule has 1 aliphatic heterocycles. The summed E-state index contributed by atoms with van der Waals surface area (Å²) in [5.74, 6) is 0.706. The molecule has 3 heteroatoms. The van der Waals surface area contributed by atoms with Gasteiger partial charge in [-0.05, 0) is 36.3 Å². The standard InChI is InChI=1S/C12H15FOS/c1-8-3-4-10(7-11(8)13)12(14)5-6-15-9(12)2/h3-4,7,9,14H,5-6H2,1-2H3. The maximum atomic E-state index is 13.4. The van der Waals surface area contributed by atoms with E-state index in [0.717, 1.165) is 5.75 Å². The summed E-state index contributed by atoms with van der Waals surface area (Å²) in [6, 6.07) is 5.04. The molecule has 1 N–H and O–H groups in total. The molecule has 0 aliphatic carbocycles. The molecule has 0 aromatic heterocycles. The van der Waals surface area contributed by atoms with Crippen molar-refractivity contribution >= 4 is 11.8 Å². The first-order valence-electron chi connectivity index (χ1n) is 5.14. The Balaban J connectivity index is 2.40. The van der Waals surface area contributed by atoms with Gasteiger partial charge in [-0.25, -0.2) is 4.39 Å². The molecular formula is C12H15FOS. The Morgan fingerprint density at radius 2 is 2.27 bits per heavy atom. The SMILES string of the molecule is Cc1ccc(C2(O)CCSC2C)cc1F. The molecule has 0 amide bonds. The molecule has 1 nitrogen and oxygen atoms in total. The summed E-state index contributed by atoms with van der Waals surface area (Å²) in [5.41, 5.74) is 0.489. The second-order valence-corrected chi connectivity index (χ2v) is 5.60. The molecule has 2 atom stereocenters. The van der Waals surface area contributed by atoms with Gasteiger partial charge < -0.3 is 5.11 Å². The maximum absolute atomic E-state index is 13.4. The van der Waals surface area contributed by atoms with Gasteiger partial charge in [0.25, 0.3) is 0 Å². The van der Waals surface area contributed by atoms with Crippen molar-refractivity contribution in [1.82, 2.24) is 0 Å². The van der Waals surface area contributed by atoms with Gasteiger partial charge in [-0.1, -0.05) is 19.1 Å². The zero-order chi connectivity index (χ0) is 11.1. The smallest absolute Gasteiger partial charge is 0.126 e. The summed E-state index contributed by atoms with van der Waals surface area (Å²) in [4.78, 5) is 0. The van der Waals surface area contributed by atoms with Crippen LogP contribution < -0.4 is 0 Å². The average Bonchev–Trinajstić information content (AvgIpc) is 2.53. The highest BCUT2D eigenvalue weighted by Crippen LogP contribution is 2.43. The van der Waals surface area contributed by atoms with Crippen molar-refractivity contribution in [3.8, 4) is 0 Å². The quantitative estimate of drug-likeness (QED) is 0.794. The maximum Gasteiger partial charge on any atom is 0.126 e. The number of halogens is 1. The van der Waals surface area contributed by atoms with Crippen LogP contribution in [0.2, 0.25) is 0 Å². The minimum absolute atomic E-state index is 0.139. The van der Waals surface area contributed by atoms with E-state index in [1.807, 2.05) is 13.0 Å². The zero-order valence-corrected chi connectivity index (χ0v) is 9.77. The topological polar surface area (TPSA) is 20.2 Å². The minimum Gasteiger partial charge on any atom is -0.384 e. The molecule has 0 radical (unpaired) electrons. The number of aryl methyl sites for hydroxylation is 1. The van der Waals surface area contributed by atoms with Crippen molar-refractivity contribution in [2.24, 2.45) is 0 Å². The summed E-state index contributed by atoms with van der Waals surface area (Å²) < 4.78 is 13.4. The van der Waals surface area contributed by atoms with Gasteiger partial charge in [-0.3, -0.25) is 0 Å². The Hall–Kier alpha value is -0.540. The summed E-state index contributed by atoms with van der Waals surface area (Å²) in [6.07, 6.45) is 0.710. The molecule has 1 aliphatic rings. The second kappa shape index (κ2) is 3.80. The first-order valence-corrected chi connectivity index (χ1v) is 6.19. The number of thioether (sulfide) groups is 1. The Morgan fingerprint density at radius 3 is 2.80 bits per heavy atom. The predicted molar refractivity (Wildman–Crippen MR) is 61.6 cm³/mol. The first kappa shape index (κ1) is 11.0. The van der Waals surface area contributed by atoms with Gasteiger partial charge in [-0.15, -0.1) is 0 Å². The van der Waals surface area contributed by atoms with E-state index in [-0.39, 0.29) is 11.1 Å². The van der Waals surface area contributed by atoms with Crippen molar-refractivity contribution < 1.29 is 9.50 Å². The highest BCUT2D eigenvalue weighted by molar-refractivity contribution is 8.00. The van der Waals surface area contributed by atoms with E-state index >= 15 is 0 Å². The predicted octanol–water partition coefficient (Wildman–Crippen LogP) is 2.85. The molecular weight excluding hydrogens is 211 g/mol. The summed E-state index contributed by atoms with van der Waals surface area (Å²) in [5, 5.41) is 10.6. The third-order valence-electron chi connectivity index (χ3n) is 3.20. The van der Waals surface area contributed by atoms with Crippen LogP contribution in [0.4, 0.5) is 4.39 Å². The molecule has 0 spiro atoms. The summed E-state index contributed by atoms with van der Waals surface area (Å²) in [7, 11) is 0. The largest absolute Gasteiger partial charge is 0.384 e. The van der Waals surface area contributed by atoms with Crippen molar-refractivity contribution in [3.05, 3.63) is 35.1 Å². The van der Waals surface area contributed by atoms with Crippen LogP contribution in [-0.4, -0.2) is 16.1 Å². The Bertz CT molecular complexity index is 380. The van der Waals surface area contributed by atoms with Crippen molar-refractivity contribution in [1.29, 1.82) is 0 Å². The molecule has 0 bridgehead atoms. The third-order valence-corrected chi connectivity index (χ3v) is 4.53. The first-order chi connectivity index (χ1) is 7.04. The van der Waals surface area contributed by atoms with Gasteiger partial charge in [0, 0.05) is 5.25 Å². The molecule has 1 aromatic rings. The van der Waals surface area contributed by atoms with E-state index in [0.29, 0.717) is 17.5 Å². The lowest BCUT2D eigenvalue weighted by atomic mass is 9.88. The third kappa shape index (κ3) is 1.79. The fourth-order valence-corrected chi connectivity index (χ4v) is 3.29. The Labute approximate surface area is 93.7 Å². The highest BCUT2D eigenvalue weighted by atomic mass is 32.2. The molecule has 82 valence electrons. The number of aliphatic hydroxyl groups is 1. The average molecular weight is 226 g/mol. The van der Waals surface area contributed by atoms with E-state index in [1.165, 1.54) is 6.07 Å². The lowest BCUT2D eigenvalue weighted by molar-refractivity contribution is 0.0424. The van der Waals surface area contributed by atoms with E-state index in [4.69, 9.17) is 0 Å². The molecule has 2 unspecified atom stereocenters. The van der Waals surface area contributed by atoms with E-state index in [2.05, 4.69) is 0 Å². The van der Waals surface area contributed by atoms with Crippen LogP contribution in [0, 0.1) is 12.7 Å². The van der Waals surface area contributed by atoms with E-state index in [1.54, 1.807) is 24.8 Å². The number of hydrogen-bond acceptors (Lipinski definition) is 2. The molecule has 1 saturated heterocycles. The van der Waals surface area contributed by atoms with Crippen LogP contribution in [0.15, 0.2) is 18.2 Å². The Morgan fingerprint density at radius 1 is 1.53 bits per heavy atom. The fraction of sp³-hybridized carbons (Fsp3) is 0.500. The molecule has 0 saturated carbocycles.